The van der Waals surface area contributed by atoms with Gasteiger partial charge in [-0.05, 0) is 61.3 Å². The molecule has 37 heavy (non-hydrogen) atoms. The lowest BCUT2D eigenvalue weighted by Crippen LogP contribution is -2.47. The molecule has 0 spiro atoms. The molecular formula is C27H30N4O5S. The molecule has 0 amide bonds. The minimum Gasteiger partial charge on any atom is -0.481 e. The van der Waals surface area contributed by atoms with E-state index in [1.54, 1.807) is 38.4 Å². The molecule has 194 valence electrons. The van der Waals surface area contributed by atoms with Crippen LogP contribution in [0.3, 0.4) is 0 Å². The Bertz CT molecular complexity index is 1250. The number of carboxylic acids is 1. The maximum atomic E-state index is 12.5. The number of hydrogen-bond donors (Lipinski definition) is 1. The van der Waals surface area contributed by atoms with Gasteiger partial charge in [-0.1, -0.05) is 30.0 Å². The minimum absolute atomic E-state index is 0.156. The average Bonchev–Trinajstić information content (AvgIpc) is 2.93. The third-order valence-electron chi connectivity index (χ3n) is 6.96. The van der Waals surface area contributed by atoms with Gasteiger partial charge in [0.05, 0.1) is 11.1 Å². The number of ether oxygens (including phenoxy) is 3. The molecular weight excluding hydrogens is 492 g/mol. The third kappa shape index (κ3) is 5.15. The van der Waals surface area contributed by atoms with Gasteiger partial charge in [-0.25, -0.2) is 9.97 Å². The smallest absolute Gasteiger partial charge is 0.314 e. The quantitative estimate of drug-likeness (QED) is 0.410. The molecule has 2 aliphatic rings. The lowest BCUT2D eigenvalue weighted by molar-refractivity contribution is -0.146. The first-order chi connectivity index (χ1) is 18.0. The van der Waals surface area contributed by atoms with Crippen LogP contribution in [0.15, 0.2) is 64.8 Å². The second-order valence-electron chi connectivity index (χ2n) is 9.17. The Kier molecular flexibility index (Phi) is 7.61. The molecule has 0 bridgehead atoms. The predicted molar refractivity (Wildman–Crippen MR) is 139 cm³/mol. The second-order valence-corrected chi connectivity index (χ2v) is 10.2. The van der Waals surface area contributed by atoms with Gasteiger partial charge in [-0.15, -0.1) is 0 Å². The van der Waals surface area contributed by atoms with E-state index < -0.39 is 11.4 Å². The molecule has 1 fully saturated rings. The van der Waals surface area contributed by atoms with Crippen LogP contribution in [0, 0.1) is 0 Å². The summed E-state index contributed by atoms with van der Waals surface area (Å²) in [7, 11) is 3.23. The van der Waals surface area contributed by atoms with Crippen LogP contribution in [0.1, 0.15) is 24.0 Å². The number of likely N-dealkylation sites (tertiary alicyclic amines) is 1. The molecule has 0 unspecified atom stereocenters. The van der Waals surface area contributed by atoms with Crippen LogP contribution in [-0.2, 0) is 26.2 Å². The third-order valence-corrected chi connectivity index (χ3v) is 8.00. The van der Waals surface area contributed by atoms with Crippen molar-refractivity contribution < 1.29 is 24.1 Å². The van der Waals surface area contributed by atoms with Crippen molar-refractivity contribution in [2.75, 3.05) is 45.7 Å². The van der Waals surface area contributed by atoms with Crippen LogP contribution in [-0.4, -0.2) is 66.8 Å². The summed E-state index contributed by atoms with van der Waals surface area (Å²) in [5, 5.41) is 11.1. The standard InChI is InChI=1S/C27H30N4O5S/c1-34-17-31-22-15-19(3-8-23(22)37-25-24(31)28-11-12-29-25)16-30-13-9-27(10-14-30,26(32)33)20-4-6-21(7-5-20)36-18-35-2/h3-8,11-12,15H,9-10,13-14,16-18H2,1-2H3,(H,32,33). The first-order valence-electron chi connectivity index (χ1n) is 12.1. The van der Waals surface area contributed by atoms with E-state index in [0.29, 0.717) is 38.4 Å². The molecule has 2 aliphatic heterocycles. The number of piperidine rings is 1. The Morgan fingerprint density at radius 2 is 1.81 bits per heavy atom. The van der Waals surface area contributed by atoms with Gasteiger partial charge in [0.1, 0.15) is 17.5 Å². The Morgan fingerprint density at radius 1 is 1.05 bits per heavy atom. The maximum absolute atomic E-state index is 12.5. The summed E-state index contributed by atoms with van der Waals surface area (Å²) in [6, 6.07) is 13.8. The highest BCUT2D eigenvalue weighted by atomic mass is 32.2. The normalized spacial score (nSPS) is 16.6. The van der Waals surface area contributed by atoms with Crippen LogP contribution in [0.5, 0.6) is 5.75 Å². The van der Waals surface area contributed by atoms with Crippen LogP contribution in [0.2, 0.25) is 0 Å². The zero-order valence-corrected chi connectivity index (χ0v) is 21.7. The molecule has 9 nitrogen and oxygen atoms in total. The highest BCUT2D eigenvalue weighted by Crippen LogP contribution is 2.46. The number of fused-ring (bicyclic) bond motifs is 2. The van der Waals surface area contributed by atoms with E-state index in [-0.39, 0.29) is 6.79 Å². The van der Waals surface area contributed by atoms with Gasteiger partial charge < -0.3 is 19.3 Å². The number of anilines is 2. The van der Waals surface area contributed by atoms with Gasteiger partial charge in [0.15, 0.2) is 12.6 Å². The number of hydrogen-bond acceptors (Lipinski definition) is 9. The highest BCUT2D eigenvalue weighted by Gasteiger charge is 2.43. The maximum Gasteiger partial charge on any atom is 0.314 e. The summed E-state index contributed by atoms with van der Waals surface area (Å²) < 4.78 is 15.9. The van der Waals surface area contributed by atoms with E-state index in [9.17, 15) is 9.90 Å². The van der Waals surface area contributed by atoms with Crippen molar-refractivity contribution in [1.82, 2.24) is 14.9 Å². The molecule has 3 aromatic rings. The SMILES string of the molecule is COCOc1ccc(C2(C(=O)O)CCN(Cc3ccc4c(c3)N(COC)c3nccnc3S4)CC2)cc1. The first-order valence-corrected chi connectivity index (χ1v) is 12.9. The van der Waals surface area contributed by atoms with Gasteiger partial charge in [-0.3, -0.25) is 14.6 Å². The summed E-state index contributed by atoms with van der Waals surface area (Å²) >= 11 is 1.61. The van der Waals surface area contributed by atoms with Crippen molar-refractivity contribution in [2.24, 2.45) is 0 Å². The fraction of sp³-hybridized carbons (Fsp3) is 0.370. The van der Waals surface area contributed by atoms with E-state index in [4.69, 9.17) is 14.2 Å². The Labute approximate surface area is 220 Å². The van der Waals surface area contributed by atoms with E-state index in [2.05, 4.69) is 33.1 Å². The summed E-state index contributed by atoms with van der Waals surface area (Å²) in [6.07, 6.45) is 4.48. The molecule has 0 radical (unpaired) electrons. The minimum atomic E-state index is -0.902. The topological polar surface area (TPSA) is 97.3 Å². The number of nitrogens with zero attached hydrogens (tertiary/aromatic N) is 4. The number of aliphatic carboxylic acids is 1. The molecule has 1 N–H and O–H groups in total. The zero-order valence-electron chi connectivity index (χ0n) is 20.9. The number of methoxy groups -OCH3 is 2. The molecule has 1 aromatic heterocycles. The first kappa shape index (κ1) is 25.5. The predicted octanol–water partition coefficient (Wildman–Crippen LogP) is 4.28. The summed E-state index contributed by atoms with van der Waals surface area (Å²) in [5.41, 5.74) is 2.12. The van der Waals surface area contributed by atoms with Gasteiger partial charge in [0.25, 0.3) is 0 Å². The van der Waals surface area contributed by atoms with Gasteiger partial charge in [0, 0.05) is 38.1 Å². The fourth-order valence-electron chi connectivity index (χ4n) is 4.99. The van der Waals surface area contributed by atoms with Crippen LogP contribution < -0.4 is 9.64 Å². The summed E-state index contributed by atoms with van der Waals surface area (Å²) in [4.78, 5) is 26.9. The number of carbonyl (C=O) groups is 1. The van der Waals surface area contributed by atoms with Crippen molar-refractivity contribution in [2.45, 2.75) is 34.7 Å². The number of aromatic nitrogens is 2. The van der Waals surface area contributed by atoms with Crippen LogP contribution in [0.25, 0.3) is 0 Å². The molecule has 0 aliphatic carbocycles. The van der Waals surface area contributed by atoms with Gasteiger partial charge >= 0.3 is 5.97 Å². The zero-order chi connectivity index (χ0) is 25.8. The van der Waals surface area contributed by atoms with Crippen molar-refractivity contribution in [3.05, 3.63) is 66.0 Å². The summed E-state index contributed by atoms with van der Waals surface area (Å²) in [6.45, 7) is 2.66. The van der Waals surface area contributed by atoms with E-state index in [0.717, 1.165) is 39.1 Å². The van der Waals surface area contributed by atoms with Crippen molar-refractivity contribution >= 4 is 29.2 Å². The second kappa shape index (κ2) is 11.1. The largest absolute Gasteiger partial charge is 0.481 e. The Balaban J connectivity index is 1.29. The van der Waals surface area contributed by atoms with Crippen molar-refractivity contribution in [3.63, 3.8) is 0 Å². The number of carboxylic acid groups (broad SMARTS) is 1. The summed E-state index contributed by atoms with van der Waals surface area (Å²) in [5.74, 6) is 0.672. The molecule has 5 rings (SSSR count). The lowest BCUT2D eigenvalue weighted by Gasteiger charge is -2.39. The van der Waals surface area contributed by atoms with Gasteiger partial charge in [-0.2, -0.15) is 0 Å². The molecule has 3 heterocycles. The van der Waals surface area contributed by atoms with Crippen LogP contribution >= 0.6 is 11.8 Å². The Morgan fingerprint density at radius 3 is 2.51 bits per heavy atom. The Hall–Kier alpha value is -3.18. The molecule has 0 saturated carbocycles. The molecule has 1 saturated heterocycles. The van der Waals surface area contributed by atoms with Crippen LogP contribution in [0.4, 0.5) is 11.5 Å². The fourth-order valence-corrected chi connectivity index (χ4v) is 5.97. The lowest BCUT2D eigenvalue weighted by atomic mass is 9.72. The average molecular weight is 523 g/mol. The highest BCUT2D eigenvalue weighted by molar-refractivity contribution is 7.99. The monoisotopic (exact) mass is 522 g/mol. The van der Waals surface area contributed by atoms with E-state index in [1.165, 1.54) is 0 Å². The number of rotatable bonds is 9. The van der Waals surface area contributed by atoms with Gasteiger partial charge in [0.2, 0.25) is 0 Å². The molecule has 10 heteroatoms. The van der Waals surface area contributed by atoms with E-state index in [1.807, 2.05) is 29.2 Å². The number of benzene rings is 2. The van der Waals surface area contributed by atoms with E-state index >= 15 is 0 Å². The molecule has 0 atom stereocenters. The van der Waals surface area contributed by atoms with Crippen molar-refractivity contribution in [1.29, 1.82) is 0 Å². The van der Waals surface area contributed by atoms with Crippen molar-refractivity contribution in [3.8, 4) is 5.75 Å². The molecule has 2 aromatic carbocycles.